The van der Waals surface area contributed by atoms with Crippen molar-refractivity contribution in [2.45, 2.75) is 26.3 Å². The van der Waals surface area contributed by atoms with E-state index >= 15 is 0 Å². The van der Waals surface area contributed by atoms with Gasteiger partial charge in [-0.2, -0.15) is 0 Å². The van der Waals surface area contributed by atoms with Crippen LogP contribution < -0.4 is 10.9 Å². The molecular formula is C28H24BrN3O2. The Bertz CT molecular complexity index is 1610. The van der Waals surface area contributed by atoms with Gasteiger partial charge in [0.25, 0.3) is 11.5 Å². The summed E-state index contributed by atoms with van der Waals surface area (Å²) in [6.45, 7) is 5.74. The van der Waals surface area contributed by atoms with Crippen LogP contribution in [0.1, 0.15) is 31.3 Å². The van der Waals surface area contributed by atoms with Gasteiger partial charge in [0.1, 0.15) is 5.69 Å². The zero-order valence-electron chi connectivity index (χ0n) is 19.1. The van der Waals surface area contributed by atoms with Crippen molar-refractivity contribution in [2.24, 2.45) is 0 Å². The number of pyridine rings is 1. The molecule has 2 heterocycles. The van der Waals surface area contributed by atoms with Gasteiger partial charge in [0, 0.05) is 26.3 Å². The van der Waals surface area contributed by atoms with E-state index < -0.39 is 5.54 Å². The fourth-order valence-corrected chi connectivity index (χ4v) is 4.62. The number of para-hydroxylation sites is 1. The lowest BCUT2D eigenvalue weighted by Crippen LogP contribution is -2.41. The number of aromatic amines is 2. The summed E-state index contributed by atoms with van der Waals surface area (Å²) in [6, 6.07) is 23.6. The van der Waals surface area contributed by atoms with Crippen molar-refractivity contribution in [2.75, 3.05) is 0 Å². The predicted molar refractivity (Wildman–Crippen MR) is 142 cm³/mol. The molecule has 0 atom stereocenters. The second kappa shape index (κ2) is 8.29. The van der Waals surface area contributed by atoms with Crippen molar-refractivity contribution in [3.05, 3.63) is 93.3 Å². The molecule has 6 heteroatoms. The average molecular weight is 514 g/mol. The van der Waals surface area contributed by atoms with Crippen LogP contribution in [0.3, 0.4) is 0 Å². The number of carbonyl (C=O) groups excluding carboxylic acids is 1. The van der Waals surface area contributed by atoms with E-state index in [1.165, 1.54) is 0 Å². The Kier molecular flexibility index (Phi) is 5.41. The smallest absolute Gasteiger partial charge is 0.268 e. The molecule has 5 nitrogen and oxygen atoms in total. The highest BCUT2D eigenvalue weighted by atomic mass is 79.9. The van der Waals surface area contributed by atoms with E-state index in [1.54, 1.807) is 0 Å². The van der Waals surface area contributed by atoms with E-state index in [1.807, 2.05) is 93.6 Å². The standard InChI is InChI=1S/C28H24BrN3O2/c1-28(2,3)32-27(34)25-22-20-10-6-7-11-21(20)30-24(22)23(26(33)31-25)19-9-5-4-8-18(19)16-12-14-17(29)15-13-16/h4-15,30H,1-3H3,(H,31,33)(H,32,34). The summed E-state index contributed by atoms with van der Waals surface area (Å²) < 4.78 is 0.985. The lowest BCUT2D eigenvalue weighted by atomic mass is 9.93. The first-order valence-electron chi connectivity index (χ1n) is 11.1. The molecule has 2 aromatic heterocycles. The number of amides is 1. The van der Waals surface area contributed by atoms with E-state index in [-0.39, 0.29) is 17.2 Å². The third-order valence-electron chi connectivity index (χ3n) is 5.74. The van der Waals surface area contributed by atoms with Gasteiger partial charge in [-0.15, -0.1) is 0 Å². The molecule has 5 rings (SSSR count). The third kappa shape index (κ3) is 3.94. The van der Waals surface area contributed by atoms with Gasteiger partial charge in [-0.25, -0.2) is 0 Å². The molecule has 3 N–H and O–H groups in total. The highest BCUT2D eigenvalue weighted by Gasteiger charge is 2.24. The molecule has 0 fully saturated rings. The van der Waals surface area contributed by atoms with Gasteiger partial charge >= 0.3 is 0 Å². The maximum absolute atomic E-state index is 13.6. The molecule has 0 aliphatic heterocycles. The first kappa shape index (κ1) is 22.2. The molecule has 0 aliphatic rings. The molecule has 1 amide bonds. The Balaban J connectivity index is 1.84. The number of hydrogen-bond acceptors (Lipinski definition) is 2. The van der Waals surface area contributed by atoms with Crippen molar-refractivity contribution in [1.29, 1.82) is 0 Å². The Morgan fingerprint density at radius 3 is 2.21 bits per heavy atom. The molecule has 0 aliphatic carbocycles. The van der Waals surface area contributed by atoms with E-state index in [9.17, 15) is 9.59 Å². The molecule has 170 valence electrons. The highest BCUT2D eigenvalue weighted by molar-refractivity contribution is 9.10. The number of H-pyrrole nitrogens is 2. The Morgan fingerprint density at radius 1 is 0.853 bits per heavy atom. The third-order valence-corrected chi connectivity index (χ3v) is 6.27. The summed E-state index contributed by atoms with van der Waals surface area (Å²) in [5.41, 5.74) is 4.25. The maximum Gasteiger partial charge on any atom is 0.268 e. The normalized spacial score (nSPS) is 11.8. The molecule has 0 unspecified atom stereocenters. The monoisotopic (exact) mass is 513 g/mol. The van der Waals surface area contributed by atoms with Crippen LogP contribution in [0, 0.1) is 0 Å². The molecule has 0 radical (unpaired) electrons. The summed E-state index contributed by atoms with van der Waals surface area (Å²) >= 11 is 3.49. The van der Waals surface area contributed by atoms with Crippen molar-refractivity contribution in [3.8, 4) is 22.3 Å². The highest BCUT2D eigenvalue weighted by Crippen LogP contribution is 2.37. The van der Waals surface area contributed by atoms with Gasteiger partial charge < -0.3 is 15.3 Å². The SMILES string of the molecule is CC(C)(C)NC(=O)c1[nH]c(=O)c(-c2ccccc2-c2ccc(Br)cc2)c2[nH]c3ccccc3c12. The van der Waals surface area contributed by atoms with Gasteiger partial charge in [-0.05, 0) is 55.7 Å². The zero-order valence-corrected chi connectivity index (χ0v) is 20.7. The molecule has 3 aromatic carbocycles. The zero-order chi connectivity index (χ0) is 24.0. The van der Waals surface area contributed by atoms with Crippen molar-refractivity contribution >= 4 is 43.6 Å². The van der Waals surface area contributed by atoms with Crippen LogP contribution in [0.15, 0.2) is 82.1 Å². The minimum absolute atomic E-state index is 0.261. The van der Waals surface area contributed by atoms with Crippen molar-refractivity contribution < 1.29 is 4.79 Å². The number of benzene rings is 3. The summed E-state index contributed by atoms with van der Waals surface area (Å²) in [4.78, 5) is 33.1. The fraction of sp³-hybridized carbons (Fsp3) is 0.143. The minimum Gasteiger partial charge on any atom is -0.354 e. The van der Waals surface area contributed by atoms with Gasteiger partial charge in [-0.3, -0.25) is 9.59 Å². The fourth-order valence-electron chi connectivity index (χ4n) is 4.35. The average Bonchev–Trinajstić information content (AvgIpc) is 3.17. The number of aromatic nitrogens is 2. The van der Waals surface area contributed by atoms with Crippen LogP contribution >= 0.6 is 15.9 Å². The summed E-state index contributed by atoms with van der Waals surface area (Å²) in [5.74, 6) is -0.313. The molecule has 0 bridgehead atoms. The number of fused-ring (bicyclic) bond motifs is 3. The molecule has 34 heavy (non-hydrogen) atoms. The molecule has 0 spiro atoms. The van der Waals surface area contributed by atoms with Crippen LogP contribution in [0.4, 0.5) is 0 Å². The van der Waals surface area contributed by atoms with Crippen LogP contribution in [0.25, 0.3) is 44.1 Å². The first-order valence-corrected chi connectivity index (χ1v) is 11.9. The van der Waals surface area contributed by atoms with Crippen LogP contribution in [-0.4, -0.2) is 21.4 Å². The van der Waals surface area contributed by atoms with E-state index in [0.717, 1.165) is 32.1 Å². The van der Waals surface area contributed by atoms with Crippen molar-refractivity contribution in [3.63, 3.8) is 0 Å². The second-order valence-electron chi connectivity index (χ2n) is 9.38. The molecule has 5 aromatic rings. The number of halogens is 1. The first-order chi connectivity index (χ1) is 16.2. The van der Waals surface area contributed by atoms with Gasteiger partial charge in [-0.1, -0.05) is 70.5 Å². The molecule has 0 saturated carbocycles. The molecular weight excluding hydrogens is 490 g/mol. The van der Waals surface area contributed by atoms with E-state index in [4.69, 9.17) is 0 Å². The quantitative estimate of drug-likeness (QED) is 0.253. The van der Waals surface area contributed by atoms with E-state index in [2.05, 4.69) is 31.2 Å². The number of rotatable bonds is 3. The Morgan fingerprint density at radius 2 is 1.50 bits per heavy atom. The predicted octanol–water partition coefficient (Wildman–Crippen LogP) is 6.63. The van der Waals surface area contributed by atoms with Crippen molar-refractivity contribution in [1.82, 2.24) is 15.3 Å². The second-order valence-corrected chi connectivity index (χ2v) is 10.3. The largest absolute Gasteiger partial charge is 0.354 e. The van der Waals surface area contributed by atoms with Crippen LogP contribution in [-0.2, 0) is 0 Å². The van der Waals surface area contributed by atoms with Gasteiger partial charge in [0.15, 0.2) is 0 Å². The summed E-state index contributed by atoms with van der Waals surface area (Å²) in [6.07, 6.45) is 0. The Hall–Kier alpha value is -3.64. The Labute approximate surface area is 205 Å². The van der Waals surface area contributed by atoms with Crippen LogP contribution in [0.2, 0.25) is 0 Å². The maximum atomic E-state index is 13.6. The number of nitrogens with one attached hydrogen (secondary N) is 3. The lowest BCUT2D eigenvalue weighted by molar-refractivity contribution is 0.0916. The minimum atomic E-state index is -0.445. The summed E-state index contributed by atoms with van der Waals surface area (Å²) in [7, 11) is 0. The topological polar surface area (TPSA) is 77.8 Å². The van der Waals surface area contributed by atoms with Gasteiger partial charge in [0.05, 0.1) is 11.1 Å². The van der Waals surface area contributed by atoms with Crippen LogP contribution in [0.5, 0.6) is 0 Å². The number of carbonyl (C=O) groups is 1. The lowest BCUT2D eigenvalue weighted by Gasteiger charge is -2.21. The molecule has 0 saturated heterocycles. The van der Waals surface area contributed by atoms with Gasteiger partial charge in [0.2, 0.25) is 0 Å². The van der Waals surface area contributed by atoms with E-state index in [0.29, 0.717) is 16.5 Å². The summed E-state index contributed by atoms with van der Waals surface area (Å²) in [5, 5.41) is 4.57. The number of hydrogen-bond donors (Lipinski definition) is 3.